The summed E-state index contributed by atoms with van der Waals surface area (Å²) < 4.78 is 5.61. The summed E-state index contributed by atoms with van der Waals surface area (Å²) in [5.41, 5.74) is 1.21. The first-order chi connectivity index (χ1) is 9.15. The van der Waals surface area contributed by atoms with E-state index in [0.29, 0.717) is 0 Å². The minimum atomic E-state index is 0.147. The van der Waals surface area contributed by atoms with Crippen molar-refractivity contribution in [2.75, 3.05) is 0 Å². The minimum Gasteiger partial charge on any atom is -0.491 e. The number of hydrogen-bond donors (Lipinski definition) is 2. The quantitative estimate of drug-likeness (QED) is 0.837. The summed E-state index contributed by atoms with van der Waals surface area (Å²) in [5.74, 6) is 1.75. The molecule has 102 valence electrons. The fourth-order valence-corrected chi connectivity index (χ4v) is 1.75. The van der Waals surface area contributed by atoms with Crippen molar-refractivity contribution in [3.8, 4) is 5.75 Å². The third-order valence-corrected chi connectivity index (χ3v) is 2.75. The van der Waals surface area contributed by atoms with Gasteiger partial charge in [-0.05, 0) is 38.5 Å². The molecule has 0 spiro atoms. The van der Waals surface area contributed by atoms with E-state index in [0.717, 1.165) is 18.1 Å². The van der Waals surface area contributed by atoms with Gasteiger partial charge >= 0.3 is 0 Å². The van der Waals surface area contributed by atoms with Gasteiger partial charge in [-0.1, -0.05) is 12.1 Å². The number of benzene rings is 1. The molecule has 1 aromatic carbocycles. The average molecular weight is 260 g/mol. The molecule has 5 nitrogen and oxygen atoms in total. The van der Waals surface area contributed by atoms with E-state index in [2.05, 4.69) is 39.6 Å². The van der Waals surface area contributed by atoms with Crippen LogP contribution in [0.4, 0.5) is 0 Å². The molecule has 1 atom stereocenters. The number of H-pyrrole nitrogens is 1. The van der Waals surface area contributed by atoms with Gasteiger partial charge in [-0.3, -0.25) is 5.10 Å². The third kappa shape index (κ3) is 4.06. The molecule has 0 saturated carbocycles. The number of aromatic amines is 1. The van der Waals surface area contributed by atoms with Crippen molar-refractivity contribution in [1.82, 2.24) is 20.5 Å². The number of nitrogens with one attached hydrogen (secondary N) is 2. The molecule has 2 rings (SSSR count). The SMILES string of the molecule is CC(C)Oc1ccc(CNC(C)c2ncn[nH]2)cc1. The lowest BCUT2D eigenvalue weighted by Gasteiger charge is -2.12. The van der Waals surface area contributed by atoms with Crippen LogP contribution in [0.15, 0.2) is 30.6 Å². The van der Waals surface area contributed by atoms with Crippen LogP contribution in [0.25, 0.3) is 0 Å². The summed E-state index contributed by atoms with van der Waals surface area (Å²) >= 11 is 0. The molecule has 1 heterocycles. The molecule has 0 fully saturated rings. The first kappa shape index (κ1) is 13.5. The van der Waals surface area contributed by atoms with Gasteiger partial charge in [0.1, 0.15) is 17.9 Å². The van der Waals surface area contributed by atoms with Gasteiger partial charge in [-0.25, -0.2) is 4.98 Å². The second-order valence-corrected chi connectivity index (χ2v) is 4.78. The van der Waals surface area contributed by atoms with Crippen LogP contribution in [0, 0.1) is 0 Å². The highest BCUT2D eigenvalue weighted by atomic mass is 16.5. The van der Waals surface area contributed by atoms with E-state index in [-0.39, 0.29) is 12.1 Å². The Morgan fingerprint density at radius 1 is 1.21 bits per heavy atom. The van der Waals surface area contributed by atoms with E-state index in [1.54, 1.807) is 0 Å². The van der Waals surface area contributed by atoms with Crippen molar-refractivity contribution in [3.05, 3.63) is 42.0 Å². The number of hydrogen-bond acceptors (Lipinski definition) is 4. The molecule has 1 aromatic heterocycles. The molecule has 0 aliphatic heterocycles. The Kier molecular flexibility index (Phi) is 4.52. The Morgan fingerprint density at radius 3 is 2.53 bits per heavy atom. The normalized spacial score (nSPS) is 12.6. The van der Waals surface area contributed by atoms with Crippen LogP contribution in [-0.2, 0) is 6.54 Å². The van der Waals surface area contributed by atoms with Gasteiger partial charge in [0, 0.05) is 6.54 Å². The number of rotatable bonds is 6. The highest BCUT2D eigenvalue weighted by Crippen LogP contribution is 2.14. The first-order valence-electron chi connectivity index (χ1n) is 6.49. The zero-order valence-electron chi connectivity index (χ0n) is 11.6. The Hall–Kier alpha value is -1.88. The zero-order chi connectivity index (χ0) is 13.7. The summed E-state index contributed by atoms with van der Waals surface area (Å²) in [6.07, 6.45) is 1.72. The molecular weight excluding hydrogens is 240 g/mol. The molecule has 1 unspecified atom stereocenters. The highest BCUT2D eigenvalue weighted by Gasteiger charge is 2.07. The van der Waals surface area contributed by atoms with E-state index in [1.807, 2.05) is 26.0 Å². The van der Waals surface area contributed by atoms with E-state index in [1.165, 1.54) is 11.9 Å². The smallest absolute Gasteiger partial charge is 0.141 e. The Balaban J connectivity index is 1.86. The molecule has 0 aliphatic carbocycles. The molecule has 0 amide bonds. The van der Waals surface area contributed by atoms with Crippen LogP contribution in [0.1, 0.15) is 38.2 Å². The maximum absolute atomic E-state index is 5.61. The van der Waals surface area contributed by atoms with E-state index in [9.17, 15) is 0 Å². The molecule has 2 N–H and O–H groups in total. The first-order valence-corrected chi connectivity index (χ1v) is 6.49. The second-order valence-electron chi connectivity index (χ2n) is 4.78. The third-order valence-electron chi connectivity index (χ3n) is 2.75. The van der Waals surface area contributed by atoms with Crippen LogP contribution in [0.2, 0.25) is 0 Å². The zero-order valence-corrected chi connectivity index (χ0v) is 11.6. The standard InChI is InChI=1S/C14H20N4O/c1-10(2)19-13-6-4-12(5-7-13)8-15-11(3)14-16-9-17-18-14/h4-7,9-11,15H,8H2,1-3H3,(H,16,17,18). The Bertz CT molecular complexity index is 479. The van der Waals surface area contributed by atoms with Gasteiger partial charge < -0.3 is 10.1 Å². The van der Waals surface area contributed by atoms with Crippen molar-refractivity contribution in [2.45, 2.75) is 39.5 Å². The fraction of sp³-hybridized carbons (Fsp3) is 0.429. The second kappa shape index (κ2) is 6.33. The Morgan fingerprint density at radius 2 is 1.95 bits per heavy atom. The summed E-state index contributed by atoms with van der Waals surface area (Å²) in [6.45, 7) is 6.88. The van der Waals surface area contributed by atoms with Crippen LogP contribution < -0.4 is 10.1 Å². The van der Waals surface area contributed by atoms with E-state index in [4.69, 9.17) is 4.74 Å². The van der Waals surface area contributed by atoms with Crippen LogP contribution in [0.3, 0.4) is 0 Å². The monoisotopic (exact) mass is 260 g/mol. The van der Waals surface area contributed by atoms with Gasteiger partial charge in [0.05, 0.1) is 12.1 Å². The average Bonchev–Trinajstić information content (AvgIpc) is 2.91. The van der Waals surface area contributed by atoms with Crippen molar-refractivity contribution < 1.29 is 4.74 Å². The van der Waals surface area contributed by atoms with Crippen LogP contribution in [0.5, 0.6) is 5.75 Å². The fourth-order valence-electron chi connectivity index (χ4n) is 1.75. The van der Waals surface area contributed by atoms with Crippen molar-refractivity contribution in [1.29, 1.82) is 0 Å². The largest absolute Gasteiger partial charge is 0.491 e. The number of ether oxygens (including phenoxy) is 1. The topological polar surface area (TPSA) is 62.8 Å². The van der Waals surface area contributed by atoms with Crippen LogP contribution >= 0.6 is 0 Å². The van der Waals surface area contributed by atoms with Gasteiger partial charge in [-0.2, -0.15) is 5.10 Å². The van der Waals surface area contributed by atoms with Gasteiger partial charge in [0.25, 0.3) is 0 Å². The molecule has 0 radical (unpaired) electrons. The molecule has 19 heavy (non-hydrogen) atoms. The molecule has 0 bridgehead atoms. The van der Waals surface area contributed by atoms with Gasteiger partial charge in [-0.15, -0.1) is 0 Å². The van der Waals surface area contributed by atoms with Crippen molar-refractivity contribution in [2.24, 2.45) is 0 Å². The van der Waals surface area contributed by atoms with Crippen LogP contribution in [-0.4, -0.2) is 21.3 Å². The maximum atomic E-state index is 5.61. The highest BCUT2D eigenvalue weighted by molar-refractivity contribution is 5.27. The molecule has 0 saturated heterocycles. The predicted octanol–water partition coefficient (Wildman–Crippen LogP) is 2.44. The van der Waals surface area contributed by atoms with Gasteiger partial charge in [0.2, 0.25) is 0 Å². The predicted molar refractivity (Wildman–Crippen MR) is 73.8 cm³/mol. The lowest BCUT2D eigenvalue weighted by Crippen LogP contribution is -2.19. The van der Waals surface area contributed by atoms with Gasteiger partial charge in [0.15, 0.2) is 0 Å². The minimum absolute atomic E-state index is 0.147. The number of aromatic nitrogens is 3. The van der Waals surface area contributed by atoms with Crippen molar-refractivity contribution in [3.63, 3.8) is 0 Å². The van der Waals surface area contributed by atoms with E-state index < -0.39 is 0 Å². The lowest BCUT2D eigenvalue weighted by molar-refractivity contribution is 0.242. The molecule has 2 aromatic rings. The summed E-state index contributed by atoms with van der Waals surface area (Å²) in [7, 11) is 0. The maximum Gasteiger partial charge on any atom is 0.141 e. The summed E-state index contributed by atoms with van der Waals surface area (Å²) in [4.78, 5) is 4.13. The molecular formula is C14H20N4O. The Labute approximate surface area is 113 Å². The van der Waals surface area contributed by atoms with Crippen molar-refractivity contribution >= 4 is 0 Å². The summed E-state index contributed by atoms with van der Waals surface area (Å²) in [5, 5.41) is 10.1. The lowest BCUT2D eigenvalue weighted by atomic mass is 10.2. The summed E-state index contributed by atoms with van der Waals surface area (Å²) in [6, 6.07) is 8.27. The number of nitrogens with zero attached hydrogens (tertiary/aromatic N) is 2. The van der Waals surface area contributed by atoms with E-state index >= 15 is 0 Å². The molecule has 0 aliphatic rings. The molecule has 5 heteroatoms.